The number of ether oxygens (including phenoxy) is 1. The molecule has 2 heterocycles. The zero-order valence-corrected chi connectivity index (χ0v) is 24.8. The molecule has 3 aromatic rings. The van der Waals surface area contributed by atoms with Gasteiger partial charge in [0, 0.05) is 30.5 Å². The van der Waals surface area contributed by atoms with E-state index in [4.69, 9.17) is 16.3 Å². The highest BCUT2D eigenvalue weighted by Crippen LogP contribution is 2.35. The molecule has 0 fully saturated rings. The fraction of sp³-hybridized carbons (Fsp3) is 0.357. The fourth-order valence-electron chi connectivity index (χ4n) is 4.12. The lowest BCUT2D eigenvalue weighted by Crippen LogP contribution is -2.41. The van der Waals surface area contributed by atoms with Gasteiger partial charge in [-0.1, -0.05) is 23.7 Å². The lowest BCUT2D eigenvalue weighted by Gasteiger charge is -2.23. The van der Waals surface area contributed by atoms with Gasteiger partial charge in [0.2, 0.25) is 0 Å². The second-order valence-electron chi connectivity index (χ2n) is 10.6. The number of halogens is 4. The molecule has 0 spiro atoms. The number of alkyl halides is 3. The second-order valence-corrected chi connectivity index (χ2v) is 12.1. The number of amidine groups is 1. The van der Waals surface area contributed by atoms with E-state index in [1.54, 1.807) is 63.2 Å². The van der Waals surface area contributed by atoms with Crippen LogP contribution in [0.5, 0.6) is 0 Å². The lowest BCUT2D eigenvalue weighted by molar-refractivity contribution is -0.138. The van der Waals surface area contributed by atoms with Gasteiger partial charge in [0.15, 0.2) is 5.17 Å². The number of fused-ring (bicyclic) bond motifs is 1. The highest BCUT2D eigenvalue weighted by atomic mass is 35.5. The molecular weight excluding hydrogens is 595 g/mol. The van der Waals surface area contributed by atoms with Gasteiger partial charge >= 0.3 is 12.3 Å². The number of hydrogen-bond donors (Lipinski definition) is 2. The number of benzene rings is 2. The Bertz CT molecular complexity index is 1570. The molecule has 1 aliphatic rings. The summed E-state index contributed by atoms with van der Waals surface area (Å²) in [6.07, 6.45) is -2.93. The third kappa shape index (κ3) is 8.05. The minimum Gasteiger partial charge on any atom is -0.444 e. The van der Waals surface area contributed by atoms with E-state index in [0.29, 0.717) is 26.5 Å². The van der Waals surface area contributed by atoms with Crippen molar-refractivity contribution in [2.75, 3.05) is 20.1 Å². The molecule has 0 bridgehead atoms. The summed E-state index contributed by atoms with van der Waals surface area (Å²) in [6.45, 7) is 5.16. The molecular formula is C28H29ClF3N5O4S. The van der Waals surface area contributed by atoms with E-state index in [9.17, 15) is 27.9 Å². The average Bonchev–Trinajstić information content (AvgIpc) is 3.45. The van der Waals surface area contributed by atoms with E-state index in [-0.39, 0.29) is 30.2 Å². The van der Waals surface area contributed by atoms with Crippen LogP contribution < -0.4 is 5.32 Å². The van der Waals surface area contributed by atoms with Gasteiger partial charge in [0.05, 0.1) is 34.8 Å². The molecule has 1 aromatic heterocycles. The molecule has 1 unspecified atom stereocenters. The van der Waals surface area contributed by atoms with Crippen molar-refractivity contribution in [1.82, 2.24) is 20.0 Å². The van der Waals surface area contributed by atoms with Gasteiger partial charge in [-0.05, 0) is 74.0 Å². The van der Waals surface area contributed by atoms with E-state index in [0.717, 1.165) is 17.8 Å². The largest absolute Gasteiger partial charge is 0.444 e. The van der Waals surface area contributed by atoms with Gasteiger partial charge in [-0.25, -0.2) is 4.79 Å². The molecule has 9 nitrogen and oxygen atoms in total. The van der Waals surface area contributed by atoms with Crippen LogP contribution in [0.4, 0.5) is 18.0 Å². The van der Waals surface area contributed by atoms with Crippen molar-refractivity contribution in [2.24, 2.45) is 4.99 Å². The van der Waals surface area contributed by atoms with Crippen LogP contribution in [-0.2, 0) is 22.3 Å². The molecule has 224 valence electrons. The summed E-state index contributed by atoms with van der Waals surface area (Å²) in [7, 11) is 1.67. The number of thioether (sulfide) groups is 1. The molecule has 14 heteroatoms. The number of alkyl carbamates (subject to hydrolysis) is 1. The first-order valence-corrected chi connectivity index (χ1v) is 14.0. The topological polar surface area (TPSA) is 109 Å². The normalized spacial score (nSPS) is 15.7. The molecule has 42 heavy (non-hydrogen) atoms. The van der Waals surface area contributed by atoms with Crippen LogP contribution in [0.1, 0.15) is 37.5 Å². The van der Waals surface area contributed by atoms with Crippen molar-refractivity contribution in [3.8, 4) is 0 Å². The Morgan fingerprint density at radius 2 is 1.98 bits per heavy atom. The predicted molar refractivity (Wildman–Crippen MR) is 156 cm³/mol. The fourth-order valence-corrected chi connectivity index (χ4v) is 5.18. The first-order chi connectivity index (χ1) is 19.6. The number of aliphatic imine (C=N–C) groups is 1. The maximum absolute atomic E-state index is 13.5. The Labute approximate surface area is 249 Å². The van der Waals surface area contributed by atoms with Gasteiger partial charge in [-0.15, -0.1) is 0 Å². The number of carbonyl (C=O) groups excluding carboxylic acids is 2. The minimum atomic E-state index is -4.56. The molecule has 0 saturated carbocycles. The minimum absolute atomic E-state index is 0.00174. The van der Waals surface area contributed by atoms with Crippen molar-refractivity contribution in [1.29, 1.82) is 0 Å². The molecule has 1 aliphatic heterocycles. The SMILES string of the molecule is CN(CC(O)CNC(=O)OC(C)(C)C)C1=NC(=O)C(=Cc2ccc3c(cnn3Cc3ccc(Cl)cc3C(F)(F)F)c2)S1. The van der Waals surface area contributed by atoms with E-state index in [1.807, 2.05) is 0 Å². The molecule has 0 radical (unpaired) electrons. The van der Waals surface area contributed by atoms with Crippen LogP contribution in [0.3, 0.4) is 0 Å². The zero-order chi connectivity index (χ0) is 30.8. The first kappa shape index (κ1) is 31.4. The quantitative estimate of drug-likeness (QED) is 0.333. The van der Waals surface area contributed by atoms with Crippen LogP contribution in [0.15, 0.2) is 52.5 Å². The Hall–Kier alpha value is -3.55. The predicted octanol–water partition coefficient (Wildman–Crippen LogP) is 5.54. The first-order valence-electron chi connectivity index (χ1n) is 12.8. The molecule has 0 saturated heterocycles. The Balaban J connectivity index is 1.40. The van der Waals surface area contributed by atoms with E-state index in [1.165, 1.54) is 16.8 Å². The maximum atomic E-state index is 13.5. The summed E-state index contributed by atoms with van der Waals surface area (Å²) in [5, 5.41) is 18.1. The third-order valence-electron chi connectivity index (χ3n) is 5.96. The van der Waals surface area contributed by atoms with Crippen molar-refractivity contribution in [3.63, 3.8) is 0 Å². The Kier molecular flexibility index (Phi) is 9.24. The molecule has 2 amide bonds. The van der Waals surface area contributed by atoms with Crippen LogP contribution in [0.25, 0.3) is 17.0 Å². The standard InChI is InChI=1S/C28H29ClF3N5O4S/c1-27(2,3)41-26(40)33-13-20(38)15-36(4)25-35-24(39)23(42-25)10-16-5-8-22-18(9-16)12-34-37(22)14-17-6-7-19(29)11-21(17)28(30,31)32/h5-12,20,38H,13-15H2,1-4H3,(H,33,40). The lowest BCUT2D eigenvalue weighted by atomic mass is 10.1. The van der Waals surface area contributed by atoms with Crippen molar-refractivity contribution in [2.45, 2.75) is 45.2 Å². The van der Waals surface area contributed by atoms with Crippen molar-refractivity contribution >= 4 is 57.5 Å². The summed E-state index contributed by atoms with van der Waals surface area (Å²) in [5.41, 5.74) is -0.134. The highest BCUT2D eigenvalue weighted by Gasteiger charge is 2.33. The van der Waals surface area contributed by atoms with E-state index in [2.05, 4.69) is 15.4 Å². The Morgan fingerprint density at radius 3 is 2.67 bits per heavy atom. The van der Waals surface area contributed by atoms with Crippen LogP contribution in [0, 0.1) is 0 Å². The van der Waals surface area contributed by atoms with Gasteiger partial charge in [-0.3, -0.25) is 9.48 Å². The summed E-state index contributed by atoms with van der Waals surface area (Å²) in [6, 6.07) is 8.89. The number of nitrogens with one attached hydrogen (secondary N) is 1. The summed E-state index contributed by atoms with van der Waals surface area (Å²) in [5.74, 6) is -0.443. The number of carbonyl (C=O) groups is 2. The summed E-state index contributed by atoms with van der Waals surface area (Å²) < 4.78 is 47.2. The smallest absolute Gasteiger partial charge is 0.416 e. The van der Waals surface area contributed by atoms with Gasteiger partial charge in [0.1, 0.15) is 5.60 Å². The average molecular weight is 624 g/mol. The third-order valence-corrected chi connectivity index (χ3v) is 7.30. The van der Waals surface area contributed by atoms with Crippen LogP contribution in [-0.4, -0.2) is 68.8 Å². The number of likely N-dealkylation sites (N-methyl/N-ethyl adjacent to an activating group) is 1. The molecule has 4 rings (SSSR count). The van der Waals surface area contributed by atoms with Crippen LogP contribution in [0.2, 0.25) is 5.02 Å². The van der Waals surface area contributed by atoms with Gasteiger partial charge in [-0.2, -0.15) is 23.3 Å². The Morgan fingerprint density at radius 1 is 1.24 bits per heavy atom. The van der Waals surface area contributed by atoms with Crippen molar-refractivity contribution in [3.05, 3.63) is 69.2 Å². The van der Waals surface area contributed by atoms with E-state index >= 15 is 0 Å². The molecule has 2 aromatic carbocycles. The molecule has 2 N–H and O–H groups in total. The van der Waals surface area contributed by atoms with Gasteiger partial charge < -0.3 is 20.1 Å². The zero-order valence-electron chi connectivity index (χ0n) is 23.2. The number of hydrogen-bond acceptors (Lipinski definition) is 7. The number of nitrogens with zero attached hydrogens (tertiary/aromatic N) is 4. The van der Waals surface area contributed by atoms with Crippen molar-refractivity contribution < 1.29 is 32.6 Å². The van der Waals surface area contributed by atoms with E-state index < -0.39 is 35.4 Å². The summed E-state index contributed by atoms with van der Waals surface area (Å²) in [4.78, 5) is 30.4. The number of aliphatic hydroxyl groups is 1. The number of aliphatic hydroxyl groups excluding tert-OH is 1. The highest BCUT2D eigenvalue weighted by molar-refractivity contribution is 8.18. The maximum Gasteiger partial charge on any atom is 0.416 e. The monoisotopic (exact) mass is 623 g/mol. The van der Waals surface area contributed by atoms with Gasteiger partial charge in [0.25, 0.3) is 5.91 Å². The second kappa shape index (κ2) is 12.4. The molecule has 0 aliphatic carbocycles. The number of aromatic nitrogens is 2. The number of rotatable bonds is 7. The molecule has 1 atom stereocenters. The summed E-state index contributed by atoms with van der Waals surface area (Å²) >= 11 is 6.93. The van der Waals surface area contributed by atoms with Crippen LogP contribution >= 0.6 is 23.4 Å². The number of amides is 2.